The van der Waals surface area contributed by atoms with Gasteiger partial charge < -0.3 is 19.7 Å². The minimum Gasteiger partial charge on any atom is -0.550 e. The van der Waals surface area contributed by atoms with Crippen LogP contribution in [0.4, 0.5) is 5.13 Å². The second-order valence-corrected chi connectivity index (χ2v) is 4.80. The van der Waals surface area contributed by atoms with Gasteiger partial charge in [-0.05, 0) is 0 Å². The Morgan fingerprint density at radius 1 is 1.56 bits per heavy atom. The van der Waals surface area contributed by atoms with Gasteiger partial charge in [0.1, 0.15) is 0 Å². The van der Waals surface area contributed by atoms with Crippen LogP contribution in [-0.4, -0.2) is 43.7 Å². The number of carboxylic acids is 1. The lowest BCUT2D eigenvalue weighted by atomic mass is 10.3. The van der Waals surface area contributed by atoms with Gasteiger partial charge in [-0.3, -0.25) is 0 Å². The van der Waals surface area contributed by atoms with Crippen LogP contribution in [0.2, 0.25) is 0 Å². The van der Waals surface area contributed by atoms with Crippen LogP contribution in [0.25, 0.3) is 0 Å². The molecule has 0 spiro atoms. The molecule has 1 aromatic heterocycles. The monoisotopic (exact) mass is 241 g/mol. The number of aromatic nitrogens is 1. The van der Waals surface area contributed by atoms with Gasteiger partial charge >= 0.3 is 0 Å². The number of carboxylic acid groups (broad SMARTS) is 1. The zero-order valence-corrected chi connectivity index (χ0v) is 9.83. The van der Waals surface area contributed by atoms with E-state index in [9.17, 15) is 9.90 Å². The number of hydrogen-bond donors (Lipinski definition) is 1. The lowest BCUT2D eigenvalue weighted by Gasteiger charge is -2.32. The number of carbonyl (C=O) groups excluding carboxylic acids is 1. The molecule has 2 rings (SSSR count). The molecule has 0 aromatic carbocycles. The van der Waals surface area contributed by atoms with Gasteiger partial charge in [0.15, 0.2) is 5.13 Å². The SMILES string of the molecule is O=C([O-])CC[NH+]1CCN(c2nccs2)CC1. The maximum atomic E-state index is 10.3. The number of piperazine rings is 1. The average molecular weight is 241 g/mol. The molecule has 5 nitrogen and oxygen atoms in total. The van der Waals surface area contributed by atoms with E-state index in [1.54, 1.807) is 11.3 Å². The van der Waals surface area contributed by atoms with Crippen LogP contribution in [0.15, 0.2) is 11.6 Å². The molecule has 16 heavy (non-hydrogen) atoms. The normalized spacial score (nSPS) is 17.6. The predicted octanol–water partition coefficient (Wildman–Crippen LogP) is -2.01. The molecule has 88 valence electrons. The van der Waals surface area contributed by atoms with E-state index in [1.807, 2.05) is 11.6 Å². The first kappa shape index (κ1) is 11.3. The fourth-order valence-corrected chi connectivity index (χ4v) is 2.61. The molecule has 1 N–H and O–H groups in total. The first-order valence-electron chi connectivity index (χ1n) is 5.43. The highest BCUT2D eigenvalue weighted by Crippen LogP contribution is 2.16. The van der Waals surface area contributed by atoms with Crippen LogP contribution >= 0.6 is 11.3 Å². The summed E-state index contributed by atoms with van der Waals surface area (Å²) in [5, 5.41) is 13.4. The zero-order chi connectivity index (χ0) is 11.4. The summed E-state index contributed by atoms with van der Waals surface area (Å²) in [5.74, 6) is -0.949. The quantitative estimate of drug-likeness (QED) is 0.661. The van der Waals surface area contributed by atoms with Crippen molar-refractivity contribution in [3.63, 3.8) is 0 Å². The fourth-order valence-electron chi connectivity index (χ4n) is 1.92. The number of hydrogen-bond acceptors (Lipinski definition) is 5. The largest absolute Gasteiger partial charge is 0.550 e. The Morgan fingerprint density at radius 3 is 2.88 bits per heavy atom. The lowest BCUT2D eigenvalue weighted by Crippen LogP contribution is -3.15. The molecule has 0 bridgehead atoms. The number of anilines is 1. The molecule has 2 heterocycles. The van der Waals surface area contributed by atoms with E-state index in [4.69, 9.17) is 0 Å². The van der Waals surface area contributed by atoms with Crippen molar-refractivity contribution < 1.29 is 14.8 Å². The standard InChI is InChI=1S/C10H15N3O2S/c14-9(15)1-3-12-4-6-13(7-5-12)10-11-2-8-16-10/h2,8H,1,3-7H2,(H,14,15). The van der Waals surface area contributed by atoms with E-state index < -0.39 is 5.97 Å². The zero-order valence-electron chi connectivity index (χ0n) is 9.02. The highest BCUT2D eigenvalue weighted by Gasteiger charge is 2.20. The van der Waals surface area contributed by atoms with Gasteiger partial charge in [0.2, 0.25) is 0 Å². The van der Waals surface area contributed by atoms with Crippen molar-refractivity contribution in [2.24, 2.45) is 0 Å². The average Bonchev–Trinajstić information content (AvgIpc) is 2.80. The first-order valence-corrected chi connectivity index (χ1v) is 6.31. The number of aliphatic carboxylic acids is 1. The molecule has 0 radical (unpaired) electrons. The number of nitrogens with one attached hydrogen (secondary N) is 1. The van der Waals surface area contributed by atoms with Crippen molar-refractivity contribution in [2.75, 3.05) is 37.6 Å². The Hall–Kier alpha value is -1.14. The maximum absolute atomic E-state index is 10.3. The molecule has 1 fully saturated rings. The number of quaternary nitrogens is 1. The van der Waals surface area contributed by atoms with E-state index in [1.165, 1.54) is 4.90 Å². The van der Waals surface area contributed by atoms with Gasteiger partial charge in [-0.15, -0.1) is 11.3 Å². The van der Waals surface area contributed by atoms with Crippen molar-refractivity contribution >= 4 is 22.4 Å². The predicted molar refractivity (Wildman–Crippen MR) is 59.5 cm³/mol. The lowest BCUT2D eigenvalue weighted by molar-refractivity contribution is -0.900. The summed E-state index contributed by atoms with van der Waals surface area (Å²) < 4.78 is 0. The number of carbonyl (C=O) groups is 1. The minimum atomic E-state index is -0.949. The molecule has 0 amide bonds. The second kappa shape index (κ2) is 5.27. The van der Waals surface area contributed by atoms with Crippen LogP contribution in [0, 0.1) is 0 Å². The van der Waals surface area contributed by atoms with Crippen molar-refractivity contribution in [1.82, 2.24) is 4.98 Å². The molecule has 0 saturated carbocycles. The fraction of sp³-hybridized carbons (Fsp3) is 0.600. The summed E-state index contributed by atoms with van der Waals surface area (Å²) in [6.45, 7) is 4.54. The molecule has 0 aliphatic carbocycles. The second-order valence-electron chi connectivity index (χ2n) is 3.92. The summed E-state index contributed by atoms with van der Waals surface area (Å²) in [6, 6.07) is 0. The van der Waals surface area contributed by atoms with Gasteiger partial charge in [0.25, 0.3) is 0 Å². The van der Waals surface area contributed by atoms with Crippen molar-refractivity contribution in [2.45, 2.75) is 6.42 Å². The van der Waals surface area contributed by atoms with Gasteiger partial charge in [-0.2, -0.15) is 0 Å². The van der Waals surface area contributed by atoms with E-state index in [-0.39, 0.29) is 6.42 Å². The number of rotatable bonds is 4. The Labute approximate surface area is 98.3 Å². The third-order valence-electron chi connectivity index (χ3n) is 2.84. The summed E-state index contributed by atoms with van der Waals surface area (Å²) in [6.07, 6.45) is 1.97. The topological polar surface area (TPSA) is 60.7 Å². The van der Waals surface area contributed by atoms with Crippen molar-refractivity contribution in [3.05, 3.63) is 11.6 Å². The van der Waals surface area contributed by atoms with Gasteiger partial charge in [0, 0.05) is 24.0 Å². The van der Waals surface area contributed by atoms with Crippen molar-refractivity contribution in [3.8, 4) is 0 Å². The van der Waals surface area contributed by atoms with E-state index in [0.29, 0.717) is 6.54 Å². The van der Waals surface area contributed by atoms with E-state index in [2.05, 4.69) is 9.88 Å². The molecule has 1 aromatic rings. The summed E-state index contributed by atoms with van der Waals surface area (Å²) in [4.78, 5) is 18.2. The molecule has 1 saturated heterocycles. The molecule has 6 heteroatoms. The smallest absolute Gasteiger partial charge is 0.185 e. The molecule has 0 unspecified atom stereocenters. The van der Waals surface area contributed by atoms with Crippen LogP contribution in [0.5, 0.6) is 0 Å². The Balaban J connectivity index is 1.76. The van der Waals surface area contributed by atoms with Crippen LogP contribution in [-0.2, 0) is 4.79 Å². The summed E-state index contributed by atoms with van der Waals surface area (Å²) >= 11 is 1.65. The molecule has 1 aliphatic heterocycles. The Morgan fingerprint density at radius 2 is 2.31 bits per heavy atom. The molecule has 1 aliphatic rings. The van der Waals surface area contributed by atoms with E-state index in [0.717, 1.165) is 31.3 Å². The highest BCUT2D eigenvalue weighted by molar-refractivity contribution is 7.13. The van der Waals surface area contributed by atoms with E-state index >= 15 is 0 Å². The van der Waals surface area contributed by atoms with Gasteiger partial charge in [-0.25, -0.2) is 4.98 Å². The first-order chi connectivity index (χ1) is 7.75. The van der Waals surface area contributed by atoms with Crippen molar-refractivity contribution in [1.29, 1.82) is 0 Å². The highest BCUT2D eigenvalue weighted by atomic mass is 32.1. The molecular formula is C10H15N3O2S. The van der Waals surface area contributed by atoms with Crippen LogP contribution < -0.4 is 14.9 Å². The summed E-state index contributed by atoms with van der Waals surface area (Å²) in [5.41, 5.74) is 0. The summed E-state index contributed by atoms with van der Waals surface area (Å²) in [7, 11) is 0. The van der Waals surface area contributed by atoms with Gasteiger partial charge in [0.05, 0.1) is 32.7 Å². The number of thiazole rings is 1. The molecular weight excluding hydrogens is 226 g/mol. The number of nitrogens with zero attached hydrogens (tertiary/aromatic N) is 2. The minimum absolute atomic E-state index is 0.159. The van der Waals surface area contributed by atoms with Gasteiger partial charge in [-0.1, -0.05) is 0 Å². The maximum Gasteiger partial charge on any atom is 0.185 e. The van der Waals surface area contributed by atoms with Crippen LogP contribution in [0.3, 0.4) is 0 Å². The Bertz CT molecular complexity index is 334. The van der Waals surface area contributed by atoms with Crippen LogP contribution in [0.1, 0.15) is 6.42 Å². The Kier molecular flexibility index (Phi) is 3.74. The molecule has 0 atom stereocenters. The third kappa shape index (κ3) is 2.93. The third-order valence-corrected chi connectivity index (χ3v) is 3.68.